The molecule has 0 radical (unpaired) electrons. The number of halogens is 3. The summed E-state index contributed by atoms with van der Waals surface area (Å²) in [5, 5.41) is 7.90. The van der Waals surface area contributed by atoms with Gasteiger partial charge in [0.25, 0.3) is 5.91 Å². The lowest BCUT2D eigenvalue weighted by Crippen LogP contribution is -2.13. The second-order valence-corrected chi connectivity index (χ2v) is 7.91. The molecule has 3 aromatic carbocycles. The third-order valence-corrected chi connectivity index (χ3v) is 5.16. The van der Waals surface area contributed by atoms with Crippen LogP contribution in [-0.4, -0.2) is 15.7 Å². The van der Waals surface area contributed by atoms with E-state index in [1.807, 2.05) is 31.2 Å². The molecule has 0 aliphatic carbocycles. The minimum absolute atomic E-state index is 0.0248. The van der Waals surface area contributed by atoms with Crippen LogP contribution in [0.25, 0.3) is 0 Å². The predicted molar refractivity (Wildman–Crippen MR) is 123 cm³/mol. The summed E-state index contributed by atoms with van der Waals surface area (Å²) in [7, 11) is 0. The van der Waals surface area contributed by atoms with Crippen LogP contribution in [0.1, 0.15) is 27.2 Å². The van der Waals surface area contributed by atoms with E-state index in [-0.39, 0.29) is 18.3 Å². The molecule has 0 aliphatic heterocycles. The molecule has 0 unspecified atom stereocenters. The third-order valence-electron chi connectivity index (χ3n) is 4.92. The lowest BCUT2D eigenvalue weighted by molar-refractivity contribution is 0.102. The molecule has 1 heterocycles. The Balaban J connectivity index is 1.41. The van der Waals surface area contributed by atoms with E-state index in [1.165, 1.54) is 6.07 Å². The van der Waals surface area contributed by atoms with Gasteiger partial charge < -0.3 is 10.1 Å². The number of nitrogens with one attached hydrogen (secondary N) is 1. The highest BCUT2D eigenvalue weighted by Crippen LogP contribution is 2.20. The highest BCUT2D eigenvalue weighted by Gasteiger charge is 2.12. The normalized spacial score (nSPS) is 10.8. The van der Waals surface area contributed by atoms with Crippen molar-refractivity contribution in [3.05, 3.63) is 112 Å². The first kappa shape index (κ1) is 22.5. The summed E-state index contributed by atoms with van der Waals surface area (Å²) in [5.74, 6) is -1.44. The average molecular weight is 468 g/mol. The number of anilines is 1. The van der Waals surface area contributed by atoms with Gasteiger partial charge in [-0.25, -0.2) is 8.78 Å². The molecule has 0 saturated carbocycles. The number of hydrogen-bond acceptors (Lipinski definition) is 3. The maximum absolute atomic E-state index is 13.8. The number of carbonyl (C=O) groups is 1. The lowest BCUT2D eigenvalue weighted by atomic mass is 10.1. The highest BCUT2D eigenvalue weighted by molar-refractivity contribution is 6.30. The zero-order valence-electron chi connectivity index (χ0n) is 17.7. The smallest absolute Gasteiger partial charge is 0.256 e. The molecule has 8 heteroatoms. The topological polar surface area (TPSA) is 56.1 Å². The quantitative estimate of drug-likeness (QED) is 0.362. The molecule has 0 atom stereocenters. The largest absolute Gasteiger partial charge is 0.486 e. The fourth-order valence-corrected chi connectivity index (χ4v) is 3.50. The van der Waals surface area contributed by atoms with Crippen LogP contribution in [0.5, 0.6) is 5.75 Å². The van der Waals surface area contributed by atoms with E-state index in [4.69, 9.17) is 16.3 Å². The molecular weight excluding hydrogens is 448 g/mol. The standard InChI is InChI=1S/C25H20ClF2N3O2/c1-16-10-24(30-31(16)14-17-4-3-7-20(26)12-17)29-25(32)19-6-2-5-18(11-19)15-33-23-9-8-21(27)13-22(23)28/h2-13H,14-15H2,1H3,(H,29,30,32). The number of carbonyl (C=O) groups excluding carboxylic acids is 1. The Morgan fingerprint density at radius 1 is 1.03 bits per heavy atom. The molecule has 168 valence electrons. The van der Waals surface area contributed by atoms with Gasteiger partial charge in [0.15, 0.2) is 17.4 Å². The first-order valence-corrected chi connectivity index (χ1v) is 10.5. The van der Waals surface area contributed by atoms with Crippen LogP contribution in [0.4, 0.5) is 14.6 Å². The fraction of sp³-hybridized carbons (Fsp3) is 0.120. The molecule has 1 amide bonds. The van der Waals surface area contributed by atoms with Crippen LogP contribution in [0.3, 0.4) is 0 Å². The minimum atomic E-state index is -0.785. The predicted octanol–water partition coefficient (Wildman–Crippen LogP) is 6.00. The van der Waals surface area contributed by atoms with Gasteiger partial charge in [0.05, 0.1) is 6.54 Å². The number of aromatic nitrogens is 2. The molecule has 0 aliphatic rings. The van der Waals surface area contributed by atoms with Crippen molar-refractivity contribution < 1.29 is 18.3 Å². The van der Waals surface area contributed by atoms with Gasteiger partial charge in [0, 0.05) is 28.4 Å². The van der Waals surface area contributed by atoms with Gasteiger partial charge in [-0.05, 0) is 54.4 Å². The van der Waals surface area contributed by atoms with E-state index in [0.29, 0.717) is 28.5 Å². The zero-order valence-corrected chi connectivity index (χ0v) is 18.4. The van der Waals surface area contributed by atoms with Crippen molar-refractivity contribution in [1.29, 1.82) is 0 Å². The van der Waals surface area contributed by atoms with Crippen molar-refractivity contribution in [2.24, 2.45) is 0 Å². The maximum atomic E-state index is 13.8. The molecule has 4 rings (SSSR count). The number of benzene rings is 3. The van der Waals surface area contributed by atoms with Gasteiger partial charge in [-0.2, -0.15) is 5.10 Å². The fourth-order valence-electron chi connectivity index (χ4n) is 3.28. The van der Waals surface area contributed by atoms with Gasteiger partial charge in [-0.15, -0.1) is 0 Å². The molecule has 0 fully saturated rings. The molecule has 0 bridgehead atoms. The van der Waals surface area contributed by atoms with Crippen molar-refractivity contribution in [2.75, 3.05) is 5.32 Å². The van der Waals surface area contributed by atoms with Crippen molar-refractivity contribution in [2.45, 2.75) is 20.1 Å². The van der Waals surface area contributed by atoms with E-state index in [0.717, 1.165) is 23.4 Å². The Bertz CT molecular complexity index is 1310. The van der Waals surface area contributed by atoms with E-state index in [2.05, 4.69) is 10.4 Å². The summed E-state index contributed by atoms with van der Waals surface area (Å²) in [6.45, 7) is 2.45. The third kappa shape index (κ3) is 5.75. The van der Waals surface area contributed by atoms with Crippen LogP contribution >= 0.6 is 11.6 Å². The van der Waals surface area contributed by atoms with Gasteiger partial charge in [-0.3, -0.25) is 9.48 Å². The van der Waals surface area contributed by atoms with Crippen molar-refractivity contribution in [3.63, 3.8) is 0 Å². The summed E-state index contributed by atoms with van der Waals surface area (Å²) in [4.78, 5) is 12.7. The molecule has 4 aromatic rings. The Hall–Kier alpha value is -3.71. The first-order valence-electron chi connectivity index (χ1n) is 10.1. The van der Waals surface area contributed by atoms with Crippen LogP contribution in [-0.2, 0) is 13.2 Å². The van der Waals surface area contributed by atoms with Gasteiger partial charge in [-0.1, -0.05) is 35.9 Å². The maximum Gasteiger partial charge on any atom is 0.256 e. The first-order chi connectivity index (χ1) is 15.9. The second kappa shape index (κ2) is 9.83. The van der Waals surface area contributed by atoms with E-state index < -0.39 is 11.6 Å². The van der Waals surface area contributed by atoms with Crippen LogP contribution in [0, 0.1) is 18.6 Å². The van der Waals surface area contributed by atoms with Crippen molar-refractivity contribution in [3.8, 4) is 5.75 Å². The van der Waals surface area contributed by atoms with Crippen LogP contribution in [0.2, 0.25) is 5.02 Å². The number of hydrogen-bond donors (Lipinski definition) is 1. The molecule has 0 spiro atoms. The van der Waals surface area contributed by atoms with Gasteiger partial charge >= 0.3 is 0 Å². The van der Waals surface area contributed by atoms with Gasteiger partial charge in [0.1, 0.15) is 12.4 Å². The Kier molecular flexibility index (Phi) is 6.70. The Morgan fingerprint density at radius 2 is 1.82 bits per heavy atom. The summed E-state index contributed by atoms with van der Waals surface area (Å²) in [5.41, 5.74) is 2.94. The monoisotopic (exact) mass is 467 g/mol. The number of nitrogens with zero attached hydrogens (tertiary/aromatic N) is 2. The second-order valence-electron chi connectivity index (χ2n) is 7.48. The molecule has 5 nitrogen and oxygen atoms in total. The highest BCUT2D eigenvalue weighted by atomic mass is 35.5. The summed E-state index contributed by atoms with van der Waals surface area (Å²) >= 11 is 6.05. The van der Waals surface area contributed by atoms with E-state index >= 15 is 0 Å². The summed E-state index contributed by atoms with van der Waals surface area (Å²) < 4.78 is 34.0. The number of amides is 1. The van der Waals surface area contributed by atoms with Crippen molar-refractivity contribution >= 4 is 23.3 Å². The molecule has 0 saturated heterocycles. The average Bonchev–Trinajstić information content (AvgIpc) is 3.11. The zero-order chi connectivity index (χ0) is 23.4. The Labute approximate surface area is 194 Å². The summed E-state index contributed by atoms with van der Waals surface area (Å²) in [6.07, 6.45) is 0. The molecule has 1 aromatic heterocycles. The Morgan fingerprint density at radius 3 is 2.61 bits per heavy atom. The molecule has 33 heavy (non-hydrogen) atoms. The van der Waals surface area contributed by atoms with E-state index in [9.17, 15) is 13.6 Å². The molecular formula is C25H20ClF2N3O2. The van der Waals surface area contributed by atoms with Crippen molar-refractivity contribution in [1.82, 2.24) is 9.78 Å². The van der Waals surface area contributed by atoms with Crippen LogP contribution < -0.4 is 10.1 Å². The van der Waals surface area contributed by atoms with Gasteiger partial charge in [0.2, 0.25) is 0 Å². The van der Waals surface area contributed by atoms with Crippen LogP contribution in [0.15, 0.2) is 72.8 Å². The minimum Gasteiger partial charge on any atom is -0.486 e. The number of aryl methyl sites for hydroxylation is 1. The number of ether oxygens (including phenoxy) is 1. The van der Waals surface area contributed by atoms with E-state index in [1.54, 1.807) is 35.0 Å². The SMILES string of the molecule is Cc1cc(NC(=O)c2cccc(COc3ccc(F)cc3F)c2)nn1Cc1cccc(Cl)c1. The molecule has 1 N–H and O–H groups in total. The lowest BCUT2D eigenvalue weighted by Gasteiger charge is -2.09. The summed E-state index contributed by atoms with van der Waals surface area (Å²) in [6, 6.07) is 19.2. The number of rotatable bonds is 7.